The third-order valence-corrected chi connectivity index (χ3v) is 7.14. The molecule has 244 valence electrons. The highest BCUT2D eigenvalue weighted by Gasteiger charge is 2.38. The Kier molecular flexibility index (Phi) is 11.0. The Morgan fingerprint density at radius 2 is 1.38 bits per heavy atom. The number of carbonyl (C=O) groups is 7. The summed E-state index contributed by atoms with van der Waals surface area (Å²) in [7, 11) is 0. The second kappa shape index (κ2) is 15.3. The molecule has 3 aromatic rings. The van der Waals surface area contributed by atoms with E-state index in [-0.39, 0.29) is 36.7 Å². The molecule has 6 amide bonds. The predicted molar refractivity (Wildman–Crippen MR) is 165 cm³/mol. The number of nitrogens with zero attached hydrogens (tertiary/aromatic N) is 3. The Morgan fingerprint density at radius 3 is 1.91 bits per heavy atom. The van der Waals surface area contributed by atoms with Gasteiger partial charge in [-0.15, -0.1) is 0 Å². The van der Waals surface area contributed by atoms with E-state index in [1.54, 1.807) is 67.6 Å². The second-order valence-electron chi connectivity index (χ2n) is 10.3. The lowest BCUT2D eigenvalue weighted by Crippen LogP contribution is -2.59. The number of hydrogen-bond donors (Lipinski definition) is 2. The van der Waals surface area contributed by atoms with Gasteiger partial charge in [0, 0.05) is 33.5 Å². The summed E-state index contributed by atoms with van der Waals surface area (Å²) in [6.07, 6.45) is 0.418. The maximum absolute atomic E-state index is 14.0. The molecule has 14 heteroatoms. The molecule has 1 aliphatic heterocycles. The number of esters is 2. The van der Waals surface area contributed by atoms with Crippen molar-refractivity contribution in [2.24, 2.45) is 0 Å². The number of piperazine rings is 1. The lowest BCUT2D eigenvalue weighted by Gasteiger charge is -2.33. The smallest absolute Gasteiger partial charge is 0.325 e. The third-order valence-electron chi connectivity index (χ3n) is 7.14. The van der Waals surface area contributed by atoms with Crippen LogP contribution >= 0.6 is 0 Å². The highest BCUT2D eigenvalue weighted by Crippen LogP contribution is 2.32. The minimum Gasteiger partial charge on any atom is -0.423 e. The van der Waals surface area contributed by atoms with Crippen LogP contribution in [0, 0.1) is 0 Å². The minimum atomic E-state index is -1.62. The molecule has 0 bridgehead atoms. The molecule has 0 saturated carbocycles. The van der Waals surface area contributed by atoms with Gasteiger partial charge in [0.05, 0.1) is 0 Å². The Labute approximate surface area is 270 Å². The number of hydrogen-bond acceptors (Lipinski definition) is 9. The number of likely N-dealkylation sites (N-methyl/N-ethyl adjacent to an activating group) is 1. The Balaban J connectivity index is 1.73. The maximum Gasteiger partial charge on any atom is 0.325 e. The van der Waals surface area contributed by atoms with Gasteiger partial charge in [-0.05, 0) is 35.7 Å². The summed E-state index contributed by atoms with van der Waals surface area (Å²) < 4.78 is 10.3. The number of nitrogens with one attached hydrogen (secondary N) is 2. The molecule has 1 saturated heterocycles. The van der Waals surface area contributed by atoms with Crippen LogP contribution in [0.5, 0.6) is 11.5 Å². The van der Waals surface area contributed by atoms with Crippen LogP contribution in [0.25, 0.3) is 0 Å². The van der Waals surface area contributed by atoms with Crippen molar-refractivity contribution in [2.45, 2.75) is 32.9 Å². The van der Waals surface area contributed by atoms with Gasteiger partial charge in [0.2, 0.25) is 6.41 Å². The summed E-state index contributed by atoms with van der Waals surface area (Å²) in [6.45, 7) is 4.18. The summed E-state index contributed by atoms with van der Waals surface area (Å²) in [5.74, 6) is -4.74. The van der Waals surface area contributed by atoms with Crippen molar-refractivity contribution in [2.75, 3.05) is 19.6 Å². The summed E-state index contributed by atoms with van der Waals surface area (Å²) in [4.78, 5) is 90.8. The van der Waals surface area contributed by atoms with Crippen LogP contribution in [-0.4, -0.2) is 76.5 Å². The monoisotopic (exact) mass is 643 g/mol. The molecule has 1 fully saturated rings. The number of rotatable bonds is 11. The zero-order valence-corrected chi connectivity index (χ0v) is 25.9. The van der Waals surface area contributed by atoms with Crippen LogP contribution in [0.15, 0.2) is 78.9 Å². The van der Waals surface area contributed by atoms with Gasteiger partial charge in [-0.2, -0.15) is 0 Å². The van der Waals surface area contributed by atoms with Gasteiger partial charge < -0.3 is 19.7 Å². The van der Waals surface area contributed by atoms with Gasteiger partial charge in [-0.3, -0.25) is 39.1 Å². The molecule has 1 atom stereocenters. The molecular formula is C33H33N5O9. The van der Waals surface area contributed by atoms with Gasteiger partial charge in [-0.25, -0.2) is 9.80 Å². The Bertz CT molecular complexity index is 1630. The molecule has 0 radical (unpaired) electrons. The number of urea groups is 1. The molecule has 1 unspecified atom stereocenters. The molecule has 0 aromatic heterocycles. The first kappa shape index (κ1) is 33.8. The van der Waals surface area contributed by atoms with E-state index in [9.17, 15) is 33.6 Å². The van der Waals surface area contributed by atoms with Crippen molar-refractivity contribution in [3.63, 3.8) is 0 Å². The zero-order chi connectivity index (χ0) is 34.1. The predicted octanol–water partition coefficient (Wildman–Crippen LogP) is 2.26. The highest BCUT2D eigenvalue weighted by atomic mass is 16.6. The minimum absolute atomic E-state index is 0.0239. The van der Waals surface area contributed by atoms with Crippen molar-refractivity contribution >= 4 is 42.1 Å². The van der Waals surface area contributed by atoms with Gasteiger partial charge in [0.15, 0.2) is 11.5 Å². The Hall–Kier alpha value is -6.05. The highest BCUT2D eigenvalue weighted by molar-refractivity contribution is 6.38. The van der Waals surface area contributed by atoms with E-state index in [0.29, 0.717) is 22.4 Å². The van der Waals surface area contributed by atoms with Crippen molar-refractivity contribution in [1.82, 2.24) is 25.6 Å². The van der Waals surface area contributed by atoms with E-state index in [2.05, 4.69) is 10.7 Å². The summed E-state index contributed by atoms with van der Waals surface area (Å²) in [5.41, 5.74) is 3.90. The zero-order valence-electron chi connectivity index (χ0n) is 25.9. The average Bonchev–Trinajstić information content (AvgIpc) is 3.05. The molecule has 1 heterocycles. The quantitative estimate of drug-likeness (QED) is 0.105. The number of benzene rings is 3. The summed E-state index contributed by atoms with van der Waals surface area (Å²) in [5, 5.41) is 3.50. The van der Waals surface area contributed by atoms with Gasteiger partial charge in [-0.1, -0.05) is 66.7 Å². The number of imide groups is 1. The van der Waals surface area contributed by atoms with Crippen molar-refractivity contribution in [3.8, 4) is 11.5 Å². The van der Waals surface area contributed by atoms with Crippen molar-refractivity contribution in [3.05, 3.63) is 95.6 Å². The number of amides is 6. The molecular weight excluding hydrogens is 610 g/mol. The van der Waals surface area contributed by atoms with E-state index in [0.717, 1.165) is 18.9 Å². The van der Waals surface area contributed by atoms with Gasteiger partial charge >= 0.3 is 29.8 Å². The SMILES string of the molecule is CCN1CCN(C(=O)NC(C(=O)NN(C=O)C(c2ccccc2)c2ccccc2)c2ccc(OC(C)=O)c(OC(C)=O)c2)C(=O)C1=O. The van der Waals surface area contributed by atoms with Crippen molar-refractivity contribution in [1.29, 1.82) is 0 Å². The topological polar surface area (TPSA) is 172 Å². The normalized spacial score (nSPS) is 13.4. The van der Waals surface area contributed by atoms with E-state index >= 15 is 0 Å². The van der Waals surface area contributed by atoms with Crippen molar-refractivity contribution < 1.29 is 43.0 Å². The molecule has 47 heavy (non-hydrogen) atoms. The van der Waals surface area contributed by atoms with Crippen LogP contribution in [0.4, 0.5) is 4.79 Å². The molecule has 0 spiro atoms. The van der Waals surface area contributed by atoms with Crippen LogP contribution < -0.4 is 20.2 Å². The number of ether oxygens (including phenoxy) is 2. The summed E-state index contributed by atoms with van der Waals surface area (Å²) in [6, 6.07) is 18.1. The first-order chi connectivity index (χ1) is 22.5. The lowest BCUT2D eigenvalue weighted by molar-refractivity contribution is -0.153. The summed E-state index contributed by atoms with van der Waals surface area (Å²) >= 11 is 0. The fourth-order valence-electron chi connectivity index (χ4n) is 4.98. The number of hydrazine groups is 1. The van der Waals surface area contributed by atoms with E-state index in [4.69, 9.17) is 9.47 Å². The maximum atomic E-state index is 14.0. The first-order valence-corrected chi connectivity index (χ1v) is 14.6. The van der Waals surface area contributed by atoms with E-state index in [1.165, 1.54) is 23.1 Å². The molecule has 2 N–H and O–H groups in total. The van der Waals surface area contributed by atoms with Gasteiger partial charge in [0.25, 0.3) is 5.91 Å². The van der Waals surface area contributed by atoms with E-state index < -0.39 is 47.8 Å². The molecule has 4 rings (SSSR count). The largest absolute Gasteiger partial charge is 0.423 e. The Morgan fingerprint density at radius 1 is 0.809 bits per heavy atom. The molecule has 1 aliphatic rings. The van der Waals surface area contributed by atoms with Crippen LogP contribution in [0.2, 0.25) is 0 Å². The third kappa shape index (κ3) is 8.16. The standard InChI is InChI=1S/C33H33N5O9/c1-4-36-17-18-37(32(44)31(36)43)33(45)34-28(25-15-16-26(46-21(2)40)27(19-25)47-22(3)41)30(42)35-38(20-39)29(23-11-7-5-8-12-23)24-13-9-6-10-14-24/h5-16,19-20,28-29H,4,17-18H2,1-3H3,(H,34,45)(H,35,42). The fourth-order valence-corrected chi connectivity index (χ4v) is 4.98. The fraction of sp³-hybridized carbons (Fsp3) is 0.242. The second-order valence-corrected chi connectivity index (χ2v) is 10.3. The van der Waals surface area contributed by atoms with Gasteiger partial charge in [0.1, 0.15) is 12.1 Å². The molecule has 0 aliphatic carbocycles. The first-order valence-electron chi connectivity index (χ1n) is 14.6. The average molecular weight is 644 g/mol. The molecule has 3 aromatic carbocycles. The van der Waals surface area contributed by atoms with Crippen LogP contribution in [0.3, 0.4) is 0 Å². The van der Waals surface area contributed by atoms with E-state index in [1.807, 2.05) is 0 Å². The lowest BCUT2D eigenvalue weighted by atomic mass is 9.98. The van der Waals surface area contributed by atoms with Crippen LogP contribution in [0.1, 0.15) is 49.5 Å². The van der Waals surface area contributed by atoms with Crippen LogP contribution in [-0.2, 0) is 28.8 Å². The molecule has 14 nitrogen and oxygen atoms in total. The number of carbonyl (C=O) groups excluding carboxylic acids is 7.